The second-order valence-electron chi connectivity index (χ2n) is 3.34. The highest BCUT2D eigenvalue weighted by molar-refractivity contribution is 6.30. The van der Waals surface area contributed by atoms with Crippen molar-refractivity contribution in [2.75, 3.05) is 19.0 Å². The Labute approximate surface area is 90.2 Å². The molecule has 1 atom stereocenters. The number of ether oxygens (including phenoxy) is 1. The zero-order valence-electron chi connectivity index (χ0n) is 8.59. The number of methoxy groups -OCH3 is 1. The highest BCUT2D eigenvalue weighted by Crippen LogP contribution is 2.16. The summed E-state index contributed by atoms with van der Waals surface area (Å²) in [6.45, 7) is 2.90. The molecule has 0 saturated heterocycles. The van der Waals surface area contributed by atoms with Gasteiger partial charge in [-0.3, -0.25) is 0 Å². The molecule has 2 nitrogen and oxygen atoms in total. The Bertz CT molecular complexity index is 278. The minimum Gasteiger partial charge on any atom is -0.385 e. The van der Waals surface area contributed by atoms with Gasteiger partial charge < -0.3 is 10.1 Å². The van der Waals surface area contributed by atoms with Crippen LogP contribution in [0.1, 0.15) is 13.3 Å². The number of anilines is 1. The van der Waals surface area contributed by atoms with E-state index in [0.29, 0.717) is 6.04 Å². The molecule has 1 rings (SSSR count). The maximum atomic E-state index is 5.87. The molecule has 0 aliphatic heterocycles. The second-order valence-corrected chi connectivity index (χ2v) is 3.77. The molecule has 0 aromatic heterocycles. The van der Waals surface area contributed by atoms with Crippen molar-refractivity contribution in [3.63, 3.8) is 0 Å². The summed E-state index contributed by atoms with van der Waals surface area (Å²) in [7, 11) is 1.71. The molecule has 1 unspecified atom stereocenters. The topological polar surface area (TPSA) is 21.3 Å². The lowest BCUT2D eigenvalue weighted by molar-refractivity contribution is 0.191. The molecule has 0 spiro atoms. The summed E-state index contributed by atoms with van der Waals surface area (Å²) in [6.07, 6.45) is 0.989. The Hall–Kier alpha value is -0.730. The molecule has 0 radical (unpaired) electrons. The first-order chi connectivity index (χ1) is 6.72. The van der Waals surface area contributed by atoms with Gasteiger partial charge in [0.1, 0.15) is 0 Å². The minimum atomic E-state index is 0.397. The molecule has 0 aliphatic rings. The van der Waals surface area contributed by atoms with Crippen LogP contribution in [-0.2, 0) is 4.74 Å². The average Bonchev–Trinajstić information content (AvgIpc) is 2.15. The average molecular weight is 214 g/mol. The molecule has 0 heterocycles. The van der Waals surface area contributed by atoms with Gasteiger partial charge >= 0.3 is 0 Å². The monoisotopic (exact) mass is 213 g/mol. The molecule has 3 heteroatoms. The molecule has 1 aromatic carbocycles. The fourth-order valence-electron chi connectivity index (χ4n) is 1.23. The van der Waals surface area contributed by atoms with E-state index in [9.17, 15) is 0 Å². The third kappa shape index (κ3) is 3.99. The Morgan fingerprint density at radius 2 is 2.29 bits per heavy atom. The summed E-state index contributed by atoms with van der Waals surface area (Å²) < 4.78 is 5.01. The number of hydrogen-bond donors (Lipinski definition) is 1. The van der Waals surface area contributed by atoms with Crippen molar-refractivity contribution in [3.05, 3.63) is 29.3 Å². The quantitative estimate of drug-likeness (QED) is 0.811. The van der Waals surface area contributed by atoms with Gasteiger partial charge in [-0.15, -0.1) is 0 Å². The SMILES string of the molecule is COCCC(C)Nc1cccc(Cl)c1. The van der Waals surface area contributed by atoms with Crippen LogP contribution in [0.2, 0.25) is 5.02 Å². The Morgan fingerprint density at radius 3 is 2.93 bits per heavy atom. The predicted octanol–water partition coefficient (Wildman–Crippen LogP) is 3.18. The minimum absolute atomic E-state index is 0.397. The third-order valence-corrected chi connectivity index (χ3v) is 2.23. The van der Waals surface area contributed by atoms with Gasteiger partial charge in [0.2, 0.25) is 0 Å². The van der Waals surface area contributed by atoms with E-state index in [-0.39, 0.29) is 0 Å². The molecule has 0 saturated carbocycles. The molecule has 0 aliphatic carbocycles. The number of halogens is 1. The van der Waals surface area contributed by atoms with Crippen LogP contribution in [0.3, 0.4) is 0 Å². The van der Waals surface area contributed by atoms with Crippen molar-refractivity contribution in [2.45, 2.75) is 19.4 Å². The van der Waals surface area contributed by atoms with Crippen LogP contribution >= 0.6 is 11.6 Å². The van der Waals surface area contributed by atoms with E-state index in [0.717, 1.165) is 23.7 Å². The summed E-state index contributed by atoms with van der Waals surface area (Å²) in [4.78, 5) is 0. The van der Waals surface area contributed by atoms with Gasteiger partial charge in [-0.2, -0.15) is 0 Å². The zero-order valence-corrected chi connectivity index (χ0v) is 9.34. The fraction of sp³-hybridized carbons (Fsp3) is 0.455. The summed E-state index contributed by atoms with van der Waals surface area (Å²) >= 11 is 5.87. The van der Waals surface area contributed by atoms with Crippen molar-refractivity contribution in [3.8, 4) is 0 Å². The van der Waals surface area contributed by atoms with E-state index < -0.39 is 0 Å². The standard InChI is InChI=1S/C11H16ClNO/c1-9(6-7-14-2)13-11-5-3-4-10(12)8-11/h3-5,8-9,13H,6-7H2,1-2H3. The molecule has 78 valence electrons. The molecule has 1 aromatic rings. The van der Waals surface area contributed by atoms with Crippen molar-refractivity contribution < 1.29 is 4.74 Å². The number of benzene rings is 1. The maximum Gasteiger partial charge on any atom is 0.0481 e. The Balaban J connectivity index is 2.43. The van der Waals surface area contributed by atoms with Crippen LogP contribution < -0.4 is 5.32 Å². The van der Waals surface area contributed by atoms with Gasteiger partial charge in [0, 0.05) is 30.5 Å². The predicted molar refractivity (Wildman–Crippen MR) is 61.0 cm³/mol. The van der Waals surface area contributed by atoms with E-state index >= 15 is 0 Å². The van der Waals surface area contributed by atoms with E-state index in [1.165, 1.54) is 0 Å². The smallest absolute Gasteiger partial charge is 0.0481 e. The lowest BCUT2D eigenvalue weighted by Gasteiger charge is -2.14. The summed E-state index contributed by atoms with van der Waals surface area (Å²) in [5.41, 5.74) is 1.06. The lowest BCUT2D eigenvalue weighted by Crippen LogP contribution is -2.16. The van der Waals surface area contributed by atoms with E-state index in [4.69, 9.17) is 16.3 Å². The molecule has 0 bridgehead atoms. The molecular formula is C11H16ClNO. The van der Waals surface area contributed by atoms with Crippen LogP contribution in [0.5, 0.6) is 0 Å². The lowest BCUT2D eigenvalue weighted by atomic mass is 10.2. The van der Waals surface area contributed by atoms with Crippen LogP contribution in [0.15, 0.2) is 24.3 Å². The molecule has 14 heavy (non-hydrogen) atoms. The third-order valence-electron chi connectivity index (χ3n) is 1.99. The van der Waals surface area contributed by atoms with Gasteiger partial charge in [0.15, 0.2) is 0 Å². The van der Waals surface area contributed by atoms with Crippen LogP contribution in [0, 0.1) is 0 Å². The van der Waals surface area contributed by atoms with Crippen LogP contribution in [-0.4, -0.2) is 19.8 Å². The normalized spacial score (nSPS) is 12.5. The highest BCUT2D eigenvalue weighted by Gasteiger charge is 2.01. The first-order valence-electron chi connectivity index (χ1n) is 4.73. The fourth-order valence-corrected chi connectivity index (χ4v) is 1.42. The first-order valence-corrected chi connectivity index (χ1v) is 5.11. The van der Waals surface area contributed by atoms with Crippen molar-refractivity contribution >= 4 is 17.3 Å². The number of hydrogen-bond acceptors (Lipinski definition) is 2. The van der Waals surface area contributed by atoms with E-state index in [2.05, 4.69) is 12.2 Å². The zero-order chi connectivity index (χ0) is 10.4. The van der Waals surface area contributed by atoms with E-state index in [1.54, 1.807) is 7.11 Å². The van der Waals surface area contributed by atoms with Gasteiger partial charge in [0.25, 0.3) is 0 Å². The van der Waals surface area contributed by atoms with Crippen molar-refractivity contribution in [1.29, 1.82) is 0 Å². The molecule has 0 fully saturated rings. The largest absolute Gasteiger partial charge is 0.385 e. The number of rotatable bonds is 5. The maximum absolute atomic E-state index is 5.87. The molecule has 1 N–H and O–H groups in total. The summed E-state index contributed by atoms with van der Waals surface area (Å²) in [6, 6.07) is 8.13. The summed E-state index contributed by atoms with van der Waals surface area (Å²) in [5, 5.41) is 4.11. The Morgan fingerprint density at radius 1 is 1.50 bits per heavy atom. The van der Waals surface area contributed by atoms with Gasteiger partial charge in [-0.05, 0) is 31.5 Å². The first kappa shape index (κ1) is 11.3. The van der Waals surface area contributed by atoms with Gasteiger partial charge in [-0.25, -0.2) is 0 Å². The van der Waals surface area contributed by atoms with E-state index in [1.807, 2.05) is 24.3 Å². The van der Waals surface area contributed by atoms with Gasteiger partial charge in [0.05, 0.1) is 0 Å². The van der Waals surface area contributed by atoms with Crippen LogP contribution in [0.25, 0.3) is 0 Å². The van der Waals surface area contributed by atoms with Crippen molar-refractivity contribution in [2.24, 2.45) is 0 Å². The molecule has 0 amide bonds. The molecular weight excluding hydrogens is 198 g/mol. The van der Waals surface area contributed by atoms with Gasteiger partial charge in [-0.1, -0.05) is 17.7 Å². The summed E-state index contributed by atoms with van der Waals surface area (Å²) in [5.74, 6) is 0. The number of nitrogens with one attached hydrogen (secondary N) is 1. The Kier molecular flexibility index (Phi) is 4.77. The second kappa shape index (κ2) is 5.89. The van der Waals surface area contributed by atoms with Crippen molar-refractivity contribution in [1.82, 2.24) is 0 Å². The van der Waals surface area contributed by atoms with Crippen LogP contribution in [0.4, 0.5) is 5.69 Å². The highest BCUT2D eigenvalue weighted by atomic mass is 35.5.